The Morgan fingerprint density at radius 2 is 1.74 bits per heavy atom. The highest BCUT2D eigenvalue weighted by molar-refractivity contribution is 6.32. The SMILES string of the molecule is CCOc1cc(Cl)c(/C=C(\C#N)C(=O)Nc2ccc(C)cc2)cc1OCC. The van der Waals surface area contributed by atoms with Gasteiger partial charge in [-0.05, 0) is 50.6 Å². The van der Waals surface area contributed by atoms with Crippen LogP contribution in [0.25, 0.3) is 6.08 Å². The summed E-state index contributed by atoms with van der Waals surface area (Å²) in [4.78, 5) is 12.4. The summed E-state index contributed by atoms with van der Waals surface area (Å²) in [5, 5.41) is 12.5. The number of aryl methyl sites for hydroxylation is 1. The van der Waals surface area contributed by atoms with Crippen LogP contribution in [0.3, 0.4) is 0 Å². The van der Waals surface area contributed by atoms with E-state index < -0.39 is 5.91 Å². The highest BCUT2D eigenvalue weighted by atomic mass is 35.5. The third-order valence-corrected chi connectivity index (χ3v) is 3.96. The molecule has 0 aliphatic carbocycles. The Bertz CT molecular complexity index is 884. The van der Waals surface area contributed by atoms with Gasteiger partial charge in [0.1, 0.15) is 11.6 Å². The first-order chi connectivity index (χ1) is 13.0. The minimum Gasteiger partial charge on any atom is -0.490 e. The lowest BCUT2D eigenvalue weighted by atomic mass is 10.1. The van der Waals surface area contributed by atoms with Crippen LogP contribution < -0.4 is 14.8 Å². The Balaban J connectivity index is 2.32. The molecular weight excluding hydrogens is 364 g/mol. The second-order valence-corrected chi connectivity index (χ2v) is 6.08. The number of ether oxygens (including phenoxy) is 2. The van der Waals surface area contributed by atoms with Crippen LogP contribution in [0, 0.1) is 18.3 Å². The van der Waals surface area contributed by atoms with Gasteiger partial charge in [-0.3, -0.25) is 4.79 Å². The van der Waals surface area contributed by atoms with Gasteiger partial charge in [-0.2, -0.15) is 5.26 Å². The van der Waals surface area contributed by atoms with Gasteiger partial charge in [0.15, 0.2) is 11.5 Å². The lowest BCUT2D eigenvalue weighted by Gasteiger charge is -2.13. The maximum atomic E-state index is 12.4. The van der Waals surface area contributed by atoms with E-state index in [0.29, 0.717) is 41.0 Å². The second kappa shape index (κ2) is 9.65. The number of carbonyl (C=O) groups is 1. The van der Waals surface area contributed by atoms with Crippen molar-refractivity contribution in [1.82, 2.24) is 0 Å². The van der Waals surface area contributed by atoms with Gasteiger partial charge in [-0.1, -0.05) is 29.3 Å². The number of nitriles is 1. The van der Waals surface area contributed by atoms with Crippen molar-refractivity contribution in [2.24, 2.45) is 0 Å². The molecule has 6 heteroatoms. The molecule has 1 N–H and O–H groups in total. The van der Waals surface area contributed by atoms with Crippen molar-refractivity contribution in [1.29, 1.82) is 5.26 Å². The lowest BCUT2D eigenvalue weighted by molar-refractivity contribution is -0.112. The van der Waals surface area contributed by atoms with Crippen molar-refractivity contribution >= 4 is 29.3 Å². The number of carbonyl (C=O) groups excluding carboxylic acids is 1. The summed E-state index contributed by atoms with van der Waals surface area (Å²) in [5.41, 5.74) is 2.12. The summed E-state index contributed by atoms with van der Waals surface area (Å²) >= 11 is 6.30. The second-order valence-electron chi connectivity index (χ2n) is 5.68. The van der Waals surface area contributed by atoms with E-state index in [1.165, 1.54) is 6.08 Å². The van der Waals surface area contributed by atoms with Crippen LogP contribution in [0.15, 0.2) is 42.0 Å². The van der Waals surface area contributed by atoms with Crippen molar-refractivity contribution in [2.75, 3.05) is 18.5 Å². The summed E-state index contributed by atoms with van der Waals surface area (Å²) in [7, 11) is 0. The highest BCUT2D eigenvalue weighted by Crippen LogP contribution is 2.34. The van der Waals surface area contributed by atoms with E-state index in [4.69, 9.17) is 21.1 Å². The molecule has 0 bridgehead atoms. The zero-order valence-corrected chi connectivity index (χ0v) is 16.3. The molecule has 1 amide bonds. The Morgan fingerprint density at radius 1 is 1.15 bits per heavy atom. The van der Waals surface area contributed by atoms with Crippen LogP contribution in [0.5, 0.6) is 11.5 Å². The van der Waals surface area contributed by atoms with Gasteiger partial charge in [0.2, 0.25) is 0 Å². The molecule has 0 saturated heterocycles. The predicted molar refractivity (Wildman–Crippen MR) is 107 cm³/mol. The summed E-state index contributed by atoms with van der Waals surface area (Å²) in [6, 6.07) is 12.5. The van der Waals surface area contributed by atoms with Crippen LogP contribution >= 0.6 is 11.6 Å². The van der Waals surface area contributed by atoms with Gasteiger partial charge in [0, 0.05) is 11.8 Å². The van der Waals surface area contributed by atoms with E-state index in [-0.39, 0.29) is 5.57 Å². The Morgan fingerprint density at radius 3 is 2.30 bits per heavy atom. The number of nitrogens with one attached hydrogen (secondary N) is 1. The van der Waals surface area contributed by atoms with Crippen molar-refractivity contribution in [3.63, 3.8) is 0 Å². The molecule has 0 fully saturated rings. The van der Waals surface area contributed by atoms with E-state index in [2.05, 4.69) is 5.32 Å². The van der Waals surface area contributed by atoms with Crippen LogP contribution in [-0.4, -0.2) is 19.1 Å². The first kappa shape index (κ1) is 20.3. The number of anilines is 1. The van der Waals surface area contributed by atoms with E-state index in [9.17, 15) is 10.1 Å². The molecular formula is C21H21ClN2O3. The fourth-order valence-corrected chi connectivity index (χ4v) is 2.55. The molecule has 0 atom stereocenters. The third-order valence-electron chi connectivity index (χ3n) is 3.64. The van der Waals surface area contributed by atoms with E-state index in [1.54, 1.807) is 24.3 Å². The molecule has 0 radical (unpaired) electrons. The highest BCUT2D eigenvalue weighted by Gasteiger charge is 2.14. The summed E-state index contributed by atoms with van der Waals surface area (Å²) in [6.45, 7) is 6.59. The summed E-state index contributed by atoms with van der Waals surface area (Å²) < 4.78 is 11.1. The van der Waals surface area contributed by atoms with Crippen LogP contribution in [0.2, 0.25) is 5.02 Å². The van der Waals surface area contributed by atoms with Crippen LogP contribution in [0.1, 0.15) is 25.0 Å². The molecule has 0 aliphatic rings. The molecule has 27 heavy (non-hydrogen) atoms. The first-order valence-corrected chi connectivity index (χ1v) is 8.95. The fraction of sp³-hybridized carbons (Fsp3) is 0.238. The van der Waals surface area contributed by atoms with Gasteiger partial charge in [-0.25, -0.2) is 0 Å². The van der Waals surface area contributed by atoms with Gasteiger partial charge in [0.25, 0.3) is 5.91 Å². The summed E-state index contributed by atoms with van der Waals surface area (Å²) in [5.74, 6) is 0.514. The van der Waals surface area contributed by atoms with Crippen LogP contribution in [0.4, 0.5) is 5.69 Å². The number of nitrogens with zero attached hydrogens (tertiary/aromatic N) is 1. The number of amides is 1. The molecule has 2 aromatic carbocycles. The normalized spacial score (nSPS) is 10.9. The van der Waals surface area contributed by atoms with Crippen molar-refractivity contribution in [3.8, 4) is 17.6 Å². The van der Waals surface area contributed by atoms with Gasteiger partial charge in [0.05, 0.1) is 18.2 Å². The Labute approximate surface area is 164 Å². The monoisotopic (exact) mass is 384 g/mol. The first-order valence-electron chi connectivity index (χ1n) is 8.57. The average Bonchev–Trinajstić information content (AvgIpc) is 2.65. The molecule has 2 aromatic rings. The van der Waals surface area contributed by atoms with Gasteiger partial charge < -0.3 is 14.8 Å². The number of halogens is 1. The number of benzene rings is 2. The number of rotatable bonds is 7. The quantitative estimate of drug-likeness (QED) is 0.539. The largest absolute Gasteiger partial charge is 0.490 e. The van der Waals surface area contributed by atoms with Gasteiger partial charge >= 0.3 is 0 Å². The topological polar surface area (TPSA) is 71.3 Å². The maximum absolute atomic E-state index is 12.4. The maximum Gasteiger partial charge on any atom is 0.266 e. The Hall–Kier alpha value is -2.97. The molecule has 5 nitrogen and oxygen atoms in total. The molecule has 0 aliphatic heterocycles. The minimum atomic E-state index is -0.510. The van der Waals surface area contributed by atoms with E-state index >= 15 is 0 Å². The molecule has 0 spiro atoms. The predicted octanol–water partition coefficient (Wildman–Crippen LogP) is 4.99. The minimum absolute atomic E-state index is 0.0657. The van der Waals surface area contributed by atoms with Crippen molar-refractivity contribution < 1.29 is 14.3 Å². The average molecular weight is 385 g/mol. The van der Waals surface area contributed by atoms with Crippen molar-refractivity contribution in [3.05, 3.63) is 58.1 Å². The standard InChI is InChI=1S/C21H21ClN2O3/c1-4-26-19-11-15(18(22)12-20(19)27-5-2)10-16(13-23)21(25)24-17-8-6-14(3)7-9-17/h6-12H,4-5H2,1-3H3,(H,24,25)/b16-10+. The zero-order chi connectivity index (χ0) is 19.8. The van der Waals surface area contributed by atoms with E-state index in [0.717, 1.165) is 5.56 Å². The number of hydrogen-bond donors (Lipinski definition) is 1. The van der Waals surface area contributed by atoms with E-state index in [1.807, 2.05) is 39.0 Å². The lowest BCUT2D eigenvalue weighted by Crippen LogP contribution is -2.13. The number of hydrogen-bond acceptors (Lipinski definition) is 4. The third kappa shape index (κ3) is 5.50. The molecule has 140 valence electrons. The van der Waals surface area contributed by atoms with Gasteiger partial charge in [-0.15, -0.1) is 0 Å². The molecule has 0 aromatic heterocycles. The van der Waals surface area contributed by atoms with Crippen molar-refractivity contribution in [2.45, 2.75) is 20.8 Å². The van der Waals surface area contributed by atoms with Crippen LogP contribution in [-0.2, 0) is 4.79 Å². The molecule has 0 saturated carbocycles. The molecule has 2 rings (SSSR count). The molecule has 0 unspecified atom stereocenters. The fourth-order valence-electron chi connectivity index (χ4n) is 2.34. The smallest absolute Gasteiger partial charge is 0.266 e. The molecule has 0 heterocycles. The zero-order valence-electron chi connectivity index (χ0n) is 15.5. The Kier molecular flexibility index (Phi) is 7.27. The summed E-state index contributed by atoms with van der Waals surface area (Å²) in [6.07, 6.45) is 1.43.